The Kier molecular flexibility index (Phi) is 5.60. The summed E-state index contributed by atoms with van der Waals surface area (Å²) in [6, 6.07) is 11.5. The molecule has 2 aromatic heterocycles. The number of hydrogen-bond acceptors (Lipinski definition) is 8. The zero-order chi connectivity index (χ0) is 23.1. The van der Waals surface area contributed by atoms with Gasteiger partial charge in [0.15, 0.2) is 11.5 Å². The molecule has 3 saturated heterocycles. The van der Waals surface area contributed by atoms with E-state index in [4.69, 9.17) is 24.4 Å². The van der Waals surface area contributed by atoms with E-state index in [-0.39, 0.29) is 24.2 Å². The summed E-state index contributed by atoms with van der Waals surface area (Å²) in [5.41, 5.74) is 2.86. The number of amides is 1. The predicted molar refractivity (Wildman–Crippen MR) is 128 cm³/mol. The van der Waals surface area contributed by atoms with Crippen LogP contribution in [0.5, 0.6) is 0 Å². The van der Waals surface area contributed by atoms with Gasteiger partial charge < -0.3 is 25.0 Å². The number of anilines is 1. The molecular weight excluding hydrogens is 432 g/mol. The van der Waals surface area contributed by atoms with E-state index in [1.165, 1.54) is 0 Å². The molecular formula is C25H28N6O3. The lowest BCUT2D eigenvalue weighted by Gasteiger charge is -2.34. The SMILES string of the molecule is CNC(=O)c1cccc(-c2ccc3c(N4CC5CCC(C4)O5)nc(C4CNCCO4)nc3n2)c1. The third-order valence-electron chi connectivity index (χ3n) is 6.76. The zero-order valence-corrected chi connectivity index (χ0v) is 19.2. The van der Waals surface area contributed by atoms with Gasteiger partial charge in [-0.05, 0) is 37.1 Å². The first-order chi connectivity index (χ1) is 16.7. The third-order valence-corrected chi connectivity index (χ3v) is 6.76. The van der Waals surface area contributed by atoms with Crippen LogP contribution in [0.3, 0.4) is 0 Å². The van der Waals surface area contributed by atoms with Crippen LogP contribution in [0.15, 0.2) is 36.4 Å². The number of carbonyl (C=O) groups excluding carboxylic acids is 1. The first kappa shape index (κ1) is 21.4. The molecule has 3 fully saturated rings. The minimum atomic E-state index is -0.211. The minimum Gasteiger partial charge on any atom is -0.371 e. The van der Waals surface area contributed by atoms with E-state index in [1.54, 1.807) is 13.1 Å². The first-order valence-electron chi connectivity index (χ1n) is 11.9. The van der Waals surface area contributed by atoms with Gasteiger partial charge in [0, 0.05) is 44.4 Å². The fourth-order valence-electron chi connectivity index (χ4n) is 5.04. The molecule has 2 bridgehead atoms. The molecule has 5 heterocycles. The molecule has 3 aromatic rings. The van der Waals surface area contributed by atoms with Crippen molar-refractivity contribution in [2.45, 2.75) is 31.2 Å². The van der Waals surface area contributed by atoms with Gasteiger partial charge in [0.1, 0.15) is 11.9 Å². The van der Waals surface area contributed by atoms with Gasteiger partial charge in [0.2, 0.25) is 0 Å². The van der Waals surface area contributed by atoms with Crippen LogP contribution in [-0.4, -0.2) is 72.9 Å². The molecule has 0 aliphatic carbocycles. The van der Waals surface area contributed by atoms with Crippen molar-refractivity contribution in [3.05, 3.63) is 47.8 Å². The number of hydrogen-bond donors (Lipinski definition) is 2. The monoisotopic (exact) mass is 460 g/mol. The molecule has 0 spiro atoms. The van der Waals surface area contributed by atoms with Crippen molar-refractivity contribution < 1.29 is 14.3 Å². The van der Waals surface area contributed by atoms with Gasteiger partial charge >= 0.3 is 0 Å². The average molecular weight is 461 g/mol. The predicted octanol–water partition coefficient (Wildman–Crippen LogP) is 2.08. The smallest absolute Gasteiger partial charge is 0.251 e. The lowest BCUT2D eigenvalue weighted by atomic mass is 10.1. The van der Waals surface area contributed by atoms with Gasteiger partial charge in [-0.2, -0.15) is 0 Å². The molecule has 9 heteroatoms. The van der Waals surface area contributed by atoms with Crippen molar-refractivity contribution in [3.8, 4) is 11.3 Å². The van der Waals surface area contributed by atoms with E-state index in [0.717, 1.165) is 54.9 Å². The molecule has 1 amide bonds. The largest absolute Gasteiger partial charge is 0.371 e. The second-order valence-electron chi connectivity index (χ2n) is 9.06. The van der Waals surface area contributed by atoms with Gasteiger partial charge in [-0.3, -0.25) is 4.79 Å². The van der Waals surface area contributed by atoms with Gasteiger partial charge in [0.05, 0.1) is 29.9 Å². The number of nitrogens with zero attached hydrogens (tertiary/aromatic N) is 4. The van der Waals surface area contributed by atoms with E-state index >= 15 is 0 Å². The van der Waals surface area contributed by atoms with Crippen molar-refractivity contribution in [2.75, 3.05) is 44.7 Å². The van der Waals surface area contributed by atoms with E-state index in [9.17, 15) is 4.79 Å². The maximum atomic E-state index is 12.1. The Labute approximate surface area is 197 Å². The summed E-state index contributed by atoms with van der Waals surface area (Å²) in [6.07, 6.45) is 2.48. The van der Waals surface area contributed by atoms with Crippen LogP contribution in [0.25, 0.3) is 22.3 Å². The summed E-state index contributed by atoms with van der Waals surface area (Å²) >= 11 is 0. The summed E-state index contributed by atoms with van der Waals surface area (Å²) < 4.78 is 12.0. The summed E-state index contributed by atoms with van der Waals surface area (Å²) in [5.74, 6) is 1.42. The molecule has 3 aliphatic heterocycles. The van der Waals surface area contributed by atoms with Crippen LogP contribution in [0.2, 0.25) is 0 Å². The molecule has 0 saturated carbocycles. The van der Waals surface area contributed by atoms with Crippen molar-refractivity contribution in [1.82, 2.24) is 25.6 Å². The highest BCUT2D eigenvalue weighted by Gasteiger charge is 2.35. The molecule has 176 valence electrons. The van der Waals surface area contributed by atoms with Crippen LogP contribution in [0, 0.1) is 0 Å². The van der Waals surface area contributed by atoms with Crippen LogP contribution in [0.4, 0.5) is 5.82 Å². The average Bonchev–Trinajstić information content (AvgIpc) is 3.24. The highest BCUT2D eigenvalue weighted by Crippen LogP contribution is 2.34. The lowest BCUT2D eigenvalue weighted by Crippen LogP contribution is -2.43. The Balaban J connectivity index is 1.44. The number of morpholine rings is 2. The number of carbonyl (C=O) groups is 1. The van der Waals surface area contributed by atoms with Crippen molar-refractivity contribution in [1.29, 1.82) is 0 Å². The minimum absolute atomic E-state index is 0.126. The molecule has 1 aromatic carbocycles. The number of rotatable bonds is 4. The molecule has 9 nitrogen and oxygen atoms in total. The zero-order valence-electron chi connectivity index (χ0n) is 19.2. The van der Waals surface area contributed by atoms with Gasteiger partial charge in [0.25, 0.3) is 5.91 Å². The third kappa shape index (κ3) is 4.00. The number of pyridine rings is 1. The molecule has 3 unspecified atom stereocenters. The second kappa shape index (κ2) is 8.90. The van der Waals surface area contributed by atoms with Crippen LogP contribution in [0.1, 0.15) is 35.1 Å². The second-order valence-corrected chi connectivity index (χ2v) is 9.06. The number of nitrogens with one attached hydrogen (secondary N) is 2. The molecule has 6 rings (SSSR count). The molecule has 0 radical (unpaired) electrons. The summed E-state index contributed by atoms with van der Waals surface area (Å²) in [4.78, 5) is 29.2. The van der Waals surface area contributed by atoms with E-state index < -0.39 is 0 Å². The van der Waals surface area contributed by atoms with E-state index in [2.05, 4.69) is 15.5 Å². The fraction of sp³-hybridized carbons (Fsp3) is 0.440. The van der Waals surface area contributed by atoms with Crippen LogP contribution < -0.4 is 15.5 Å². The normalized spacial score (nSPS) is 24.4. The lowest BCUT2D eigenvalue weighted by molar-refractivity contribution is 0.0218. The summed E-state index contributed by atoms with van der Waals surface area (Å²) in [7, 11) is 1.63. The van der Waals surface area contributed by atoms with Crippen LogP contribution in [-0.2, 0) is 9.47 Å². The van der Waals surface area contributed by atoms with Gasteiger partial charge in [-0.1, -0.05) is 12.1 Å². The first-order valence-corrected chi connectivity index (χ1v) is 11.9. The summed E-state index contributed by atoms with van der Waals surface area (Å²) in [6.45, 7) is 3.77. The maximum Gasteiger partial charge on any atom is 0.251 e. The van der Waals surface area contributed by atoms with E-state index in [0.29, 0.717) is 30.2 Å². The Hall–Kier alpha value is -3.14. The van der Waals surface area contributed by atoms with Crippen molar-refractivity contribution in [2.24, 2.45) is 0 Å². The van der Waals surface area contributed by atoms with Gasteiger partial charge in [-0.25, -0.2) is 15.0 Å². The molecule has 3 aliphatic rings. The topological polar surface area (TPSA) is 102 Å². The van der Waals surface area contributed by atoms with Crippen molar-refractivity contribution in [3.63, 3.8) is 0 Å². The molecule has 2 N–H and O–H groups in total. The Morgan fingerprint density at radius 2 is 1.97 bits per heavy atom. The Morgan fingerprint density at radius 1 is 1.12 bits per heavy atom. The number of aromatic nitrogens is 3. The highest BCUT2D eigenvalue weighted by atomic mass is 16.5. The number of ether oxygens (including phenoxy) is 2. The fourth-order valence-corrected chi connectivity index (χ4v) is 5.04. The maximum absolute atomic E-state index is 12.1. The molecule has 3 atom stereocenters. The quantitative estimate of drug-likeness (QED) is 0.610. The van der Waals surface area contributed by atoms with Crippen LogP contribution >= 0.6 is 0 Å². The number of fused-ring (bicyclic) bond motifs is 3. The Bertz CT molecular complexity index is 1220. The van der Waals surface area contributed by atoms with Crippen molar-refractivity contribution >= 4 is 22.8 Å². The Morgan fingerprint density at radius 3 is 2.74 bits per heavy atom. The standard InChI is InChI=1S/C25H28N6O3/c1-26-25(32)16-4-2-3-15(11-16)20-8-7-19-22(28-20)29-23(21-12-27-9-10-33-21)30-24(19)31-13-17-5-6-18(14-31)34-17/h2-4,7-8,11,17-18,21,27H,5-6,9-10,12-14H2,1H3,(H,26,32). The molecule has 34 heavy (non-hydrogen) atoms. The van der Waals surface area contributed by atoms with E-state index in [1.807, 2.05) is 30.3 Å². The summed E-state index contributed by atoms with van der Waals surface area (Å²) in [5, 5.41) is 6.96. The number of benzene rings is 1. The highest BCUT2D eigenvalue weighted by molar-refractivity contribution is 5.95. The van der Waals surface area contributed by atoms with Gasteiger partial charge in [-0.15, -0.1) is 0 Å².